The number of rotatable bonds is 2. The molecule has 0 saturated heterocycles. The van der Waals surface area contributed by atoms with E-state index in [1.54, 1.807) is 24.4 Å². The maximum absolute atomic E-state index is 8.74. The minimum absolute atomic E-state index is 0.511. The summed E-state index contributed by atoms with van der Waals surface area (Å²) < 4.78 is 5.08. The van der Waals surface area contributed by atoms with Gasteiger partial charge in [0.1, 0.15) is 6.26 Å². The predicted molar refractivity (Wildman–Crippen MR) is 56.2 cm³/mol. The van der Waals surface area contributed by atoms with Gasteiger partial charge in [0.15, 0.2) is 0 Å². The van der Waals surface area contributed by atoms with Gasteiger partial charge in [0.05, 0.1) is 17.8 Å². The van der Waals surface area contributed by atoms with Crippen LogP contribution in [-0.2, 0) is 0 Å². The fourth-order valence-corrected chi connectivity index (χ4v) is 1.82. The topological polar surface area (TPSA) is 75.8 Å². The lowest BCUT2D eigenvalue weighted by molar-refractivity contribution is 0.454. The second-order valence-corrected chi connectivity index (χ2v) is 3.76. The van der Waals surface area contributed by atoms with Crippen LogP contribution in [0.4, 0.5) is 5.69 Å². The number of anilines is 1. The minimum Gasteiger partial charge on any atom is -0.440 e. The SMILES string of the molecule is N#Cc1ccc(N)c(Sc2ncco2)c1. The highest BCUT2D eigenvalue weighted by Crippen LogP contribution is 2.31. The number of hydrogen-bond acceptors (Lipinski definition) is 5. The van der Waals surface area contributed by atoms with Crippen molar-refractivity contribution >= 4 is 17.4 Å². The molecule has 0 aliphatic rings. The smallest absolute Gasteiger partial charge is 0.260 e. The van der Waals surface area contributed by atoms with E-state index in [0.717, 1.165) is 4.90 Å². The average molecular weight is 217 g/mol. The number of nitrogens with two attached hydrogens (primary N) is 1. The molecule has 1 aromatic carbocycles. The summed E-state index contributed by atoms with van der Waals surface area (Å²) in [7, 11) is 0. The first-order valence-electron chi connectivity index (χ1n) is 4.16. The molecule has 0 atom stereocenters. The summed E-state index contributed by atoms with van der Waals surface area (Å²) in [5, 5.41) is 9.25. The van der Waals surface area contributed by atoms with Gasteiger partial charge in [-0.2, -0.15) is 5.26 Å². The lowest BCUT2D eigenvalue weighted by Crippen LogP contribution is -1.89. The van der Waals surface area contributed by atoms with Crippen LogP contribution in [0.5, 0.6) is 0 Å². The quantitative estimate of drug-likeness (QED) is 0.781. The van der Waals surface area contributed by atoms with Gasteiger partial charge >= 0.3 is 0 Å². The molecule has 2 N–H and O–H groups in total. The van der Waals surface area contributed by atoms with E-state index < -0.39 is 0 Å². The summed E-state index contributed by atoms with van der Waals surface area (Å²) in [6.07, 6.45) is 3.05. The third-order valence-corrected chi connectivity index (χ3v) is 2.70. The molecule has 74 valence electrons. The van der Waals surface area contributed by atoms with Crippen molar-refractivity contribution in [1.29, 1.82) is 5.26 Å². The normalized spacial score (nSPS) is 9.80. The van der Waals surface area contributed by atoms with Gasteiger partial charge in [0, 0.05) is 10.6 Å². The Bertz CT molecular complexity index is 502. The zero-order chi connectivity index (χ0) is 10.7. The number of nitriles is 1. The Morgan fingerprint density at radius 3 is 3.00 bits per heavy atom. The van der Waals surface area contributed by atoms with Gasteiger partial charge in [-0.3, -0.25) is 0 Å². The van der Waals surface area contributed by atoms with Crippen molar-refractivity contribution in [1.82, 2.24) is 4.98 Å². The van der Waals surface area contributed by atoms with Gasteiger partial charge in [0.2, 0.25) is 0 Å². The van der Waals surface area contributed by atoms with Crippen LogP contribution >= 0.6 is 11.8 Å². The molecule has 0 bridgehead atoms. The molecule has 0 aliphatic heterocycles. The third-order valence-electron chi connectivity index (χ3n) is 1.75. The van der Waals surface area contributed by atoms with Crippen LogP contribution in [-0.4, -0.2) is 4.98 Å². The first kappa shape index (κ1) is 9.62. The molecule has 0 saturated carbocycles. The van der Waals surface area contributed by atoms with E-state index >= 15 is 0 Å². The molecule has 2 aromatic rings. The van der Waals surface area contributed by atoms with Gasteiger partial charge in [-0.15, -0.1) is 0 Å². The lowest BCUT2D eigenvalue weighted by Gasteiger charge is -2.01. The van der Waals surface area contributed by atoms with Crippen molar-refractivity contribution in [3.63, 3.8) is 0 Å². The molecule has 4 nitrogen and oxygen atoms in total. The highest BCUT2D eigenvalue weighted by atomic mass is 32.2. The van der Waals surface area contributed by atoms with Crippen LogP contribution in [0.1, 0.15) is 5.56 Å². The van der Waals surface area contributed by atoms with E-state index in [-0.39, 0.29) is 0 Å². The summed E-state index contributed by atoms with van der Waals surface area (Å²) in [5.41, 5.74) is 6.94. The van der Waals surface area contributed by atoms with Gasteiger partial charge in [-0.1, -0.05) is 0 Å². The molecule has 0 amide bonds. The molecule has 15 heavy (non-hydrogen) atoms. The highest BCUT2D eigenvalue weighted by molar-refractivity contribution is 7.99. The van der Waals surface area contributed by atoms with Gasteiger partial charge in [-0.05, 0) is 30.0 Å². The Morgan fingerprint density at radius 2 is 2.33 bits per heavy atom. The van der Waals surface area contributed by atoms with Crippen LogP contribution in [0.2, 0.25) is 0 Å². The molecular formula is C10H7N3OS. The Kier molecular flexibility index (Phi) is 2.61. The summed E-state index contributed by atoms with van der Waals surface area (Å²) >= 11 is 1.30. The molecule has 0 aliphatic carbocycles. The van der Waals surface area contributed by atoms with Gasteiger partial charge in [0.25, 0.3) is 5.22 Å². The van der Waals surface area contributed by atoms with Crippen molar-refractivity contribution in [2.24, 2.45) is 0 Å². The maximum Gasteiger partial charge on any atom is 0.260 e. The van der Waals surface area contributed by atoms with Gasteiger partial charge < -0.3 is 10.2 Å². The Balaban J connectivity index is 2.32. The van der Waals surface area contributed by atoms with Crippen molar-refractivity contribution < 1.29 is 4.42 Å². The van der Waals surface area contributed by atoms with Crippen LogP contribution in [0.15, 0.2) is 45.2 Å². The molecule has 5 heteroatoms. The van der Waals surface area contributed by atoms with Crippen molar-refractivity contribution in [3.8, 4) is 6.07 Å². The molecule has 0 fully saturated rings. The van der Waals surface area contributed by atoms with Crippen LogP contribution in [0, 0.1) is 11.3 Å². The second-order valence-electron chi connectivity index (χ2n) is 2.76. The molecule has 1 heterocycles. The van der Waals surface area contributed by atoms with E-state index in [9.17, 15) is 0 Å². The highest BCUT2D eigenvalue weighted by Gasteiger charge is 2.06. The van der Waals surface area contributed by atoms with Gasteiger partial charge in [-0.25, -0.2) is 4.98 Å². The Labute approximate surface area is 90.7 Å². The summed E-state index contributed by atoms with van der Waals surface area (Å²) in [6, 6.07) is 7.14. The van der Waals surface area contributed by atoms with Crippen LogP contribution in [0.25, 0.3) is 0 Å². The first-order valence-corrected chi connectivity index (χ1v) is 4.98. The molecule has 1 aromatic heterocycles. The number of nitrogen functional groups attached to an aromatic ring is 1. The zero-order valence-electron chi connectivity index (χ0n) is 7.68. The average Bonchev–Trinajstić information content (AvgIpc) is 2.74. The number of oxazole rings is 1. The lowest BCUT2D eigenvalue weighted by atomic mass is 10.2. The number of benzene rings is 1. The molecule has 0 radical (unpaired) electrons. The molecule has 2 rings (SSSR count). The third kappa shape index (κ3) is 2.11. The summed E-state index contributed by atoms with van der Waals surface area (Å²) in [5.74, 6) is 0. The van der Waals surface area contributed by atoms with Crippen molar-refractivity contribution in [3.05, 3.63) is 36.2 Å². The Morgan fingerprint density at radius 1 is 1.47 bits per heavy atom. The largest absolute Gasteiger partial charge is 0.440 e. The molecule has 0 unspecified atom stereocenters. The Hall–Kier alpha value is -1.93. The van der Waals surface area contributed by atoms with E-state index in [1.165, 1.54) is 18.0 Å². The molecular weight excluding hydrogens is 210 g/mol. The van der Waals surface area contributed by atoms with E-state index in [1.807, 2.05) is 0 Å². The van der Waals surface area contributed by atoms with Crippen molar-refractivity contribution in [2.45, 2.75) is 10.1 Å². The maximum atomic E-state index is 8.74. The minimum atomic E-state index is 0.511. The fourth-order valence-electron chi connectivity index (χ4n) is 1.05. The first-order chi connectivity index (χ1) is 7.29. The predicted octanol–water partition coefficient (Wildman–Crippen LogP) is 2.28. The second kappa shape index (κ2) is 4.07. The molecule has 0 spiro atoms. The van der Waals surface area contributed by atoms with Crippen LogP contribution in [0.3, 0.4) is 0 Å². The summed E-state index contributed by atoms with van der Waals surface area (Å²) in [6.45, 7) is 0. The zero-order valence-corrected chi connectivity index (χ0v) is 8.49. The number of hydrogen-bond donors (Lipinski definition) is 1. The fraction of sp³-hybridized carbons (Fsp3) is 0. The number of aromatic nitrogens is 1. The van der Waals surface area contributed by atoms with Crippen LogP contribution < -0.4 is 5.73 Å². The summed E-state index contributed by atoms with van der Waals surface area (Å²) in [4.78, 5) is 4.74. The van der Waals surface area contributed by atoms with E-state index in [0.29, 0.717) is 16.5 Å². The van der Waals surface area contributed by atoms with Crippen molar-refractivity contribution in [2.75, 3.05) is 5.73 Å². The number of nitrogens with zero attached hydrogens (tertiary/aromatic N) is 2. The van der Waals surface area contributed by atoms with E-state index in [4.69, 9.17) is 15.4 Å². The standard InChI is InChI=1S/C10H7N3OS/c11-6-7-1-2-8(12)9(5-7)15-10-13-3-4-14-10/h1-5H,12H2. The van der Waals surface area contributed by atoms with E-state index in [2.05, 4.69) is 11.1 Å². The monoisotopic (exact) mass is 217 g/mol.